The second kappa shape index (κ2) is 17.4. The fraction of sp³-hybridized carbons (Fsp3) is 0.559. The predicted molar refractivity (Wildman–Crippen MR) is 186 cm³/mol. The van der Waals surface area contributed by atoms with Gasteiger partial charge in [0.25, 0.3) is 5.91 Å². The number of nitrogens with two attached hydrogens (primary N) is 1. The largest absolute Gasteiger partial charge is 0.487 e. The molecule has 0 bridgehead atoms. The number of aromatic nitrogens is 1. The average Bonchev–Trinajstić information content (AvgIpc) is 3.07. The van der Waals surface area contributed by atoms with Gasteiger partial charge in [0.2, 0.25) is 17.2 Å². The number of primary amides is 1. The fourth-order valence-electron chi connectivity index (χ4n) is 6.27. The molecule has 3 amide bonds. The first kappa shape index (κ1) is 39.7. The third-order valence-corrected chi connectivity index (χ3v) is 9.27. The molecule has 1 fully saturated rings. The number of nitrogens with zero attached hydrogens (tertiary/aromatic N) is 3. The molecule has 4 atom stereocenters. The third kappa shape index (κ3) is 9.81. The summed E-state index contributed by atoms with van der Waals surface area (Å²) in [4.78, 5) is 91.3. The summed E-state index contributed by atoms with van der Waals surface area (Å²) in [6.07, 6.45) is -0.0217. The number of benzene rings is 1. The molecule has 2 aromatic rings. The number of anilines is 1. The van der Waals surface area contributed by atoms with Crippen LogP contribution >= 0.6 is 0 Å². The Morgan fingerprint density at radius 1 is 0.981 bits per heavy atom. The number of amides is 3. The molecule has 52 heavy (non-hydrogen) atoms. The van der Waals surface area contributed by atoms with Gasteiger partial charge in [-0.2, -0.15) is 0 Å². The number of hydrogen-bond acceptors (Lipinski definition) is 11. The number of carboxylic acid groups (broad SMARTS) is 2. The average molecular weight is 732 g/mol. The van der Waals surface area contributed by atoms with Gasteiger partial charge in [-0.05, 0) is 46.2 Å². The van der Waals surface area contributed by atoms with Crippen LogP contribution in [0, 0.1) is 5.82 Å². The summed E-state index contributed by atoms with van der Waals surface area (Å²) in [6.45, 7) is 5.58. The molecule has 2 aliphatic heterocycles. The molecule has 0 unspecified atom stereocenters. The van der Waals surface area contributed by atoms with Crippen molar-refractivity contribution in [1.29, 1.82) is 0 Å². The van der Waals surface area contributed by atoms with Crippen LogP contribution in [0.2, 0.25) is 0 Å². The molecule has 0 saturated carbocycles. The van der Waals surface area contributed by atoms with Gasteiger partial charge in [0.1, 0.15) is 29.7 Å². The number of aliphatic carboxylic acids is 2. The number of likely N-dealkylation sites (N-methyl/N-ethyl adjacent to an activating group) is 1. The summed E-state index contributed by atoms with van der Waals surface area (Å²) in [5.74, 6) is -5.77. The number of carbonyl (C=O) groups is 6. The number of pyridine rings is 1. The molecule has 2 aliphatic rings. The van der Waals surface area contributed by atoms with E-state index in [-0.39, 0.29) is 67.5 Å². The molecule has 17 nitrogen and oxygen atoms in total. The first-order valence-electron chi connectivity index (χ1n) is 17.1. The number of piperazine rings is 1. The Hall–Kier alpha value is -5.10. The van der Waals surface area contributed by atoms with E-state index in [0.717, 1.165) is 6.07 Å². The van der Waals surface area contributed by atoms with Crippen molar-refractivity contribution in [2.45, 2.75) is 76.5 Å². The molecule has 3 heterocycles. The lowest BCUT2D eigenvalue weighted by molar-refractivity contribution is -0.138. The van der Waals surface area contributed by atoms with Crippen molar-refractivity contribution in [3.63, 3.8) is 0 Å². The van der Waals surface area contributed by atoms with E-state index in [0.29, 0.717) is 31.7 Å². The summed E-state index contributed by atoms with van der Waals surface area (Å²) in [7, 11) is 1.96. The van der Waals surface area contributed by atoms with Crippen molar-refractivity contribution < 1.29 is 48.1 Å². The summed E-state index contributed by atoms with van der Waals surface area (Å²) >= 11 is 0. The van der Waals surface area contributed by atoms with Gasteiger partial charge < -0.3 is 55.8 Å². The highest BCUT2D eigenvalue weighted by Gasteiger charge is 2.32. The standard InChI is InChI=1S/C34H46FN7O10/c1-18-17-52-31-28-21(14-23(35)29(31)41-12-10-40(3)11-13-41)30(48)22(16-42(18)28)33(50)39-25(7-9-27(46)47)34(51)38-20(5-8-26(44)45)15-37-24(32(36)49)6-4-19(2)43/h14,16,18,20,24-25,37H,4-13,15,17H2,1-3H3,(H2,36,49)(H,38,51)(H,39,50)(H,44,45)(H,46,47)/t18-,20-,24-,25-/m0/s1. The Kier molecular flexibility index (Phi) is 13.3. The number of halogens is 1. The van der Waals surface area contributed by atoms with Crippen molar-refractivity contribution in [2.75, 3.05) is 51.3 Å². The normalized spacial score (nSPS) is 17.5. The Bertz CT molecular complexity index is 1770. The van der Waals surface area contributed by atoms with Gasteiger partial charge >= 0.3 is 11.9 Å². The fourth-order valence-corrected chi connectivity index (χ4v) is 6.27. The van der Waals surface area contributed by atoms with E-state index in [1.54, 1.807) is 11.5 Å². The maximum atomic E-state index is 15.8. The molecule has 1 aromatic carbocycles. The predicted octanol–water partition coefficient (Wildman–Crippen LogP) is -0.0287. The van der Waals surface area contributed by atoms with E-state index in [9.17, 15) is 43.8 Å². The quantitative estimate of drug-likeness (QED) is 0.118. The number of nitrogens with one attached hydrogen (secondary N) is 3. The number of hydrogen-bond donors (Lipinski definition) is 6. The number of ether oxygens (including phenoxy) is 1. The molecule has 0 radical (unpaired) electrons. The summed E-state index contributed by atoms with van der Waals surface area (Å²) in [5.41, 5.74) is 4.76. The van der Waals surface area contributed by atoms with E-state index in [1.165, 1.54) is 13.1 Å². The van der Waals surface area contributed by atoms with Crippen LogP contribution in [0.5, 0.6) is 5.75 Å². The number of Topliss-reactive ketones (excluding diaryl/α,β-unsaturated/α-hetero) is 1. The van der Waals surface area contributed by atoms with E-state index >= 15 is 4.39 Å². The van der Waals surface area contributed by atoms with Gasteiger partial charge in [0.15, 0.2) is 11.6 Å². The highest BCUT2D eigenvalue weighted by molar-refractivity contribution is 6.01. The zero-order valence-corrected chi connectivity index (χ0v) is 29.4. The van der Waals surface area contributed by atoms with E-state index in [1.807, 2.05) is 11.9 Å². The maximum absolute atomic E-state index is 15.8. The van der Waals surface area contributed by atoms with Gasteiger partial charge in [-0.15, -0.1) is 0 Å². The molecule has 18 heteroatoms. The smallest absolute Gasteiger partial charge is 0.303 e. The minimum absolute atomic E-state index is 0.0453. The van der Waals surface area contributed by atoms with E-state index < -0.39 is 77.4 Å². The van der Waals surface area contributed by atoms with Crippen LogP contribution < -0.4 is 36.7 Å². The van der Waals surface area contributed by atoms with Gasteiger partial charge in [0, 0.05) is 64.2 Å². The highest BCUT2D eigenvalue weighted by Crippen LogP contribution is 2.42. The highest BCUT2D eigenvalue weighted by atomic mass is 19.1. The van der Waals surface area contributed by atoms with Crippen LogP contribution in [0.15, 0.2) is 17.1 Å². The Morgan fingerprint density at radius 3 is 2.23 bits per heavy atom. The Labute approximate surface area is 298 Å². The van der Waals surface area contributed by atoms with Crippen LogP contribution in [0.25, 0.3) is 10.9 Å². The van der Waals surface area contributed by atoms with Crippen LogP contribution in [-0.2, 0) is 24.0 Å². The maximum Gasteiger partial charge on any atom is 0.303 e. The zero-order chi connectivity index (χ0) is 38.3. The molecule has 1 saturated heterocycles. The molecule has 284 valence electrons. The Morgan fingerprint density at radius 2 is 1.62 bits per heavy atom. The number of rotatable bonds is 18. The van der Waals surface area contributed by atoms with Crippen molar-refractivity contribution in [2.24, 2.45) is 5.73 Å². The van der Waals surface area contributed by atoms with Gasteiger partial charge in [0.05, 0.1) is 23.0 Å². The SMILES string of the molecule is CC(=O)CC[C@H](NC[C@H](CCC(=O)O)NC(=O)[C@H](CCC(=O)O)NC(=O)c1cn2c3c(c(N4CCN(C)CC4)c(F)cc3c1=O)OC[C@@H]2C)C(N)=O. The molecule has 0 aliphatic carbocycles. The number of ketones is 1. The Balaban J connectivity index is 1.62. The lowest BCUT2D eigenvalue weighted by Crippen LogP contribution is -2.54. The monoisotopic (exact) mass is 731 g/mol. The number of carboxylic acids is 2. The first-order chi connectivity index (χ1) is 24.6. The van der Waals surface area contributed by atoms with Crippen molar-refractivity contribution in [3.8, 4) is 5.75 Å². The van der Waals surface area contributed by atoms with Crippen LogP contribution in [0.4, 0.5) is 10.1 Å². The minimum atomic E-state index is -1.50. The lowest BCUT2D eigenvalue weighted by Gasteiger charge is -2.37. The molecular weight excluding hydrogens is 685 g/mol. The van der Waals surface area contributed by atoms with Gasteiger partial charge in [-0.3, -0.25) is 28.8 Å². The van der Waals surface area contributed by atoms with Crippen molar-refractivity contribution in [1.82, 2.24) is 25.4 Å². The first-order valence-corrected chi connectivity index (χ1v) is 17.1. The van der Waals surface area contributed by atoms with Crippen molar-refractivity contribution >= 4 is 52.0 Å². The van der Waals surface area contributed by atoms with E-state index in [2.05, 4.69) is 20.9 Å². The second-order valence-corrected chi connectivity index (χ2v) is 13.4. The molecule has 7 N–H and O–H groups in total. The molecule has 1 aromatic heterocycles. The lowest BCUT2D eigenvalue weighted by atomic mass is 10.0. The second-order valence-electron chi connectivity index (χ2n) is 13.4. The summed E-state index contributed by atoms with van der Waals surface area (Å²) in [6, 6.07) is -2.69. The van der Waals surface area contributed by atoms with Crippen molar-refractivity contribution in [3.05, 3.63) is 33.9 Å². The van der Waals surface area contributed by atoms with Gasteiger partial charge in [-0.25, -0.2) is 4.39 Å². The van der Waals surface area contributed by atoms with Crippen LogP contribution in [-0.4, -0.2) is 120 Å². The molecule has 4 rings (SSSR count). The zero-order valence-electron chi connectivity index (χ0n) is 29.4. The topological polar surface area (TPSA) is 243 Å². The van der Waals surface area contributed by atoms with Gasteiger partial charge in [-0.1, -0.05) is 0 Å². The van der Waals surface area contributed by atoms with E-state index in [4.69, 9.17) is 10.5 Å². The molecule has 0 spiro atoms. The van der Waals surface area contributed by atoms with Crippen LogP contribution in [0.1, 0.15) is 68.8 Å². The number of carbonyl (C=O) groups excluding carboxylic acids is 4. The summed E-state index contributed by atoms with van der Waals surface area (Å²) < 4.78 is 23.5. The minimum Gasteiger partial charge on any atom is -0.487 e. The molecular formula is C34H46FN7O10. The third-order valence-electron chi connectivity index (χ3n) is 9.27. The summed E-state index contributed by atoms with van der Waals surface area (Å²) in [5, 5.41) is 26.4. The van der Waals surface area contributed by atoms with Crippen LogP contribution in [0.3, 0.4) is 0 Å².